The normalized spacial score (nSPS) is 25.4. The third kappa shape index (κ3) is 2.33. The minimum Gasteiger partial charge on any atom is -0.378 e. The molecule has 108 valence electrons. The Bertz CT molecular complexity index is 535. The van der Waals surface area contributed by atoms with Crippen molar-refractivity contribution in [3.05, 3.63) is 29.3 Å². The van der Waals surface area contributed by atoms with E-state index in [1.807, 2.05) is 26.0 Å². The zero-order chi connectivity index (χ0) is 14.3. The van der Waals surface area contributed by atoms with E-state index in [0.717, 1.165) is 42.7 Å². The minimum atomic E-state index is -0.480. The zero-order valence-electron chi connectivity index (χ0n) is 11.9. The number of benzene rings is 1. The molecule has 1 N–H and O–H groups in total. The van der Waals surface area contributed by atoms with E-state index in [1.54, 1.807) is 0 Å². The van der Waals surface area contributed by atoms with Gasteiger partial charge >= 0.3 is 0 Å². The van der Waals surface area contributed by atoms with Crippen molar-refractivity contribution < 1.29 is 9.53 Å². The lowest BCUT2D eigenvalue weighted by atomic mass is 9.85. The van der Waals surface area contributed by atoms with Crippen molar-refractivity contribution in [3.63, 3.8) is 0 Å². The zero-order valence-corrected chi connectivity index (χ0v) is 12.7. The summed E-state index contributed by atoms with van der Waals surface area (Å²) in [7, 11) is 0. The first-order chi connectivity index (χ1) is 9.48. The molecule has 0 bridgehead atoms. The molecule has 1 amide bonds. The van der Waals surface area contributed by atoms with E-state index < -0.39 is 5.41 Å². The highest BCUT2D eigenvalue weighted by molar-refractivity contribution is 6.21. The summed E-state index contributed by atoms with van der Waals surface area (Å²) in [4.78, 5) is 11.9. The highest BCUT2D eigenvalue weighted by Gasteiger charge is 2.38. The lowest BCUT2D eigenvalue weighted by Gasteiger charge is -2.19. The summed E-state index contributed by atoms with van der Waals surface area (Å²) in [5, 5.41) is 2.86. The van der Waals surface area contributed by atoms with Crippen LogP contribution in [-0.2, 0) is 14.9 Å². The smallest absolute Gasteiger partial charge is 0.234 e. The lowest BCUT2D eigenvalue weighted by molar-refractivity contribution is -0.119. The van der Waals surface area contributed by atoms with E-state index in [1.165, 1.54) is 0 Å². The highest BCUT2D eigenvalue weighted by atomic mass is 35.5. The predicted molar refractivity (Wildman–Crippen MR) is 80.3 cm³/mol. The average Bonchev–Trinajstić information content (AvgIpc) is 2.98. The Labute approximate surface area is 124 Å². The molecular formula is C16H20ClNO2. The molecule has 0 aliphatic carbocycles. The summed E-state index contributed by atoms with van der Waals surface area (Å²) in [6.07, 6.45) is 3.34. The van der Waals surface area contributed by atoms with Gasteiger partial charge in [-0.1, -0.05) is 12.1 Å². The van der Waals surface area contributed by atoms with Gasteiger partial charge in [0.2, 0.25) is 5.91 Å². The predicted octanol–water partition coefficient (Wildman–Crippen LogP) is 3.77. The molecular weight excluding hydrogens is 274 g/mol. The van der Waals surface area contributed by atoms with Gasteiger partial charge in [0.05, 0.1) is 16.9 Å². The van der Waals surface area contributed by atoms with Crippen LogP contribution in [0.2, 0.25) is 0 Å². The molecule has 1 fully saturated rings. The van der Waals surface area contributed by atoms with E-state index in [0.29, 0.717) is 0 Å². The van der Waals surface area contributed by atoms with Crippen LogP contribution in [0.3, 0.4) is 0 Å². The van der Waals surface area contributed by atoms with Gasteiger partial charge in [-0.3, -0.25) is 4.79 Å². The van der Waals surface area contributed by atoms with Gasteiger partial charge in [-0.2, -0.15) is 0 Å². The van der Waals surface area contributed by atoms with Gasteiger partial charge in [-0.25, -0.2) is 0 Å². The van der Waals surface area contributed by atoms with Gasteiger partial charge < -0.3 is 10.1 Å². The van der Waals surface area contributed by atoms with Gasteiger partial charge in [-0.05, 0) is 50.3 Å². The third-order valence-corrected chi connectivity index (χ3v) is 4.82. The summed E-state index contributed by atoms with van der Waals surface area (Å²) < 4.78 is 5.64. The fourth-order valence-electron chi connectivity index (χ4n) is 2.98. The molecule has 2 unspecified atom stereocenters. The van der Waals surface area contributed by atoms with E-state index in [4.69, 9.17) is 16.3 Å². The maximum Gasteiger partial charge on any atom is 0.234 e. The van der Waals surface area contributed by atoms with Crippen LogP contribution < -0.4 is 5.32 Å². The van der Waals surface area contributed by atoms with Crippen molar-refractivity contribution in [2.45, 2.75) is 50.0 Å². The first kappa shape index (κ1) is 13.9. The number of halogens is 1. The molecule has 0 spiro atoms. The number of fused-ring (bicyclic) bond motifs is 1. The molecule has 4 heteroatoms. The van der Waals surface area contributed by atoms with Crippen LogP contribution in [0.15, 0.2) is 18.2 Å². The van der Waals surface area contributed by atoms with E-state index >= 15 is 0 Å². The number of carbonyl (C=O) groups excluding carboxylic acids is 1. The summed E-state index contributed by atoms with van der Waals surface area (Å²) in [6, 6.07) is 6.04. The Balaban J connectivity index is 1.82. The summed E-state index contributed by atoms with van der Waals surface area (Å²) in [5.74, 6) is 0.0508. The first-order valence-electron chi connectivity index (χ1n) is 7.20. The van der Waals surface area contributed by atoms with Crippen LogP contribution in [0.25, 0.3) is 0 Å². The van der Waals surface area contributed by atoms with Crippen molar-refractivity contribution >= 4 is 23.2 Å². The third-order valence-electron chi connectivity index (χ3n) is 4.39. The van der Waals surface area contributed by atoms with Gasteiger partial charge in [0.25, 0.3) is 0 Å². The fraction of sp³-hybridized carbons (Fsp3) is 0.562. The second-order valence-corrected chi connectivity index (χ2v) is 6.75. The van der Waals surface area contributed by atoms with Crippen molar-refractivity contribution in [2.24, 2.45) is 0 Å². The van der Waals surface area contributed by atoms with Crippen molar-refractivity contribution in [2.75, 3.05) is 11.9 Å². The van der Waals surface area contributed by atoms with Gasteiger partial charge in [0.1, 0.15) is 0 Å². The van der Waals surface area contributed by atoms with Crippen molar-refractivity contribution in [3.8, 4) is 0 Å². The van der Waals surface area contributed by atoms with Crippen LogP contribution in [-0.4, -0.2) is 18.6 Å². The average molecular weight is 294 g/mol. The Morgan fingerprint density at radius 1 is 1.50 bits per heavy atom. The Morgan fingerprint density at radius 3 is 3.00 bits per heavy atom. The lowest BCUT2D eigenvalue weighted by Crippen LogP contribution is -2.26. The Kier molecular flexibility index (Phi) is 3.51. The molecule has 3 nitrogen and oxygen atoms in total. The number of rotatable bonds is 3. The molecule has 20 heavy (non-hydrogen) atoms. The molecule has 2 atom stereocenters. The second kappa shape index (κ2) is 5.05. The number of amides is 1. The number of hydrogen-bond donors (Lipinski definition) is 1. The molecule has 3 rings (SSSR count). The van der Waals surface area contributed by atoms with E-state index in [2.05, 4.69) is 11.4 Å². The van der Waals surface area contributed by atoms with Gasteiger partial charge in [0, 0.05) is 12.3 Å². The standard InChI is InChI=1S/C16H20ClNO2/c1-16(2)12-8-10(5-6-14(12)18-15(16)19)13(17)9-11-4-3-7-20-11/h5-6,8,11,13H,3-4,7,9H2,1-2H3,(H,18,19). The minimum absolute atomic E-state index is 0.0508. The molecule has 2 aliphatic rings. The largest absolute Gasteiger partial charge is 0.378 e. The fourth-order valence-corrected chi connectivity index (χ4v) is 3.32. The SMILES string of the molecule is CC1(C)C(=O)Nc2ccc(C(Cl)CC3CCCO3)cc21. The van der Waals surface area contributed by atoms with Crippen molar-refractivity contribution in [1.82, 2.24) is 0 Å². The number of anilines is 1. The van der Waals surface area contributed by atoms with Crippen LogP contribution in [0.4, 0.5) is 5.69 Å². The molecule has 1 aromatic carbocycles. The molecule has 2 aliphatic heterocycles. The maximum atomic E-state index is 11.9. The maximum absolute atomic E-state index is 11.9. The number of alkyl halides is 1. The summed E-state index contributed by atoms with van der Waals surface area (Å²) >= 11 is 6.53. The number of hydrogen-bond acceptors (Lipinski definition) is 2. The Hall–Kier alpha value is -1.06. The number of nitrogens with one attached hydrogen (secondary N) is 1. The molecule has 1 aromatic rings. The van der Waals surface area contributed by atoms with E-state index in [-0.39, 0.29) is 17.4 Å². The number of carbonyl (C=O) groups is 1. The first-order valence-corrected chi connectivity index (χ1v) is 7.63. The molecule has 0 radical (unpaired) electrons. The number of ether oxygens (including phenoxy) is 1. The van der Waals surface area contributed by atoms with E-state index in [9.17, 15) is 4.79 Å². The second-order valence-electron chi connectivity index (χ2n) is 6.22. The van der Waals surface area contributed by atoms with Gasteiger partial charge in [0.15, 0.2) is 0 Å². The summed E-state index contributed by atoms with van der Waals surface area (Å²) in [6.45, 7) is 4.74. The van der Waals surface area contributed by atoms with Crippen LogP contribution in [0, 0.1) is 0 Å². The monoisotopic (exact) mass is 293 g/mol. The quantitative estimate of drug-likeness (QED) is 0.862. The van der Waals surface area contributed by atoms with Crippen LogP contribution in [0.5, 0.6) is 0 Å². The molecule has 0 saturated carbocycles. The summed E-state index contributed by atoms with van der Waals surface area (Å²) in [5.41, 5.74) is 2.54. The van der Waals surface area contributed by atoms with Crippen LogP contribution in [0.1, 0.15) is 49.6 Å². The molecule has 0 aromatic heterocycles. The molecule has 2 heterocycles. The van der Waals surface area contributed by atoms with Crippen LogP contribution >= 0.6 is 11.6 Å². The Morgan fingerprint density at radius 2 is 2.30 bits per heavy atom. The van der Waals surface area contributed by atoms with Crippen molar-refractivity contribution in [1.29, 1.82) is 0 Å². The topological polar surface area (TPSA) is 38.3 Å². The highest BCUT2D eigenvalue weighted by Crippen LogP contribution is 2.40. The van der Waals surface area contributed by atoms with Gasteiger partial charge in [-0.15, -0.1) is 11.6 Å². The molecule has 1 saturated heterocycles.